The molecular weight excluding hydrogens is 224 g/mol. The van der Waals surface area contributed by atoms with E-state index in [0.29, 0.717) is 0 Å². The van der Waals surface area contributed by atoms with Crippen LogP contribution in [0.1, 0.15) is 57.3 Å². The van der Waals surface area contributed by atoms with Gasteiger partial charge in [0.15, 0.2) is 0 Å². The highest BCUT2D eigenvalue weighted by molar-refractivity contribution is 5.75. The molecule has 2 rings (SSSR count). The Morgan fingerprint density at radius 2 is 1.94 bits per heavy atom. The number of hydrogen-bond acceptors (Lipinski definition) is 2. The van der Waals surface area contributed by atoms with Crippen LogP contribution >= 0.6 is 0 Å². The second kappa shape index (κ2) is 5.13. The molecule has 0 fully saturated rings. The number of fused-ring (bicyclic) bond motifs is 1. The Morgan fingerprint density at radius 1 is 1.22 bits per heavy atom. The summed E-state index contributed by atoms with van der Waals surface area (Å²) in [6.07, 6.45) is 4.28. The number of carbonyl (C=O) groups is 1. The lowest BCUT2D eigenvalue weighted by atomic mass is 9.96. The van der Waals surface area contributed by atoms with Crippen molar-refractivity contribution in [2.45, 2.75) is 52.6 Å². The molecular formula is C16H22O2. The molecule has 0 spiro atoms. The summed E-state index contributed by atoms with van der Waals surface area (Å²) in [6.45, 7) is 5.70. The van der Waals surface area contributed by atoms with Gasteiger partial charge in [0.1, 0.15) is 6.10 Å². The summed E-state index contributed by atoms with van der Waals surface area (Å²) in [7, 11) is 0. The topological polar surface area (TPSA) is 26.3 Å². The maximum atomic E-state index is 12.0. The molecule has 0 aliphatic heterocycles. The van der Waals surface area contributed by atoms with Crippen LogP contribution in [0.3, 0.4) is 0 Å². The lowest BCUT2D eigenvalue weighted by molar-refractivity contribution is -0.159. The first-order valence-electron chi connectivity index (χ1n) is 6.77. The predicted molar refractivity (Wildman–Crippen MR) is 72.3 cm³/mol. The highest BCUT2D eigenvalue weighted by Crippen LogP contribution is 2.33. The zero-order valence-electron chi connectivity index (χ0n) is 11.5. The lowest BCUT2D eigenvalue weighted by Crippen LogP contribution is -2.25. The molecule has 98 valence electrons. The van der Waals surface area contributed by atoms with Crippen LogP contribution in [0.25, 0.3) is 0 Å². The third-order valence-electron chi connectivity index (χ3n) is 3.43. The Morgan fingerprint density at radius 3 is 2.67 bits per heavy atom. The smallest absolute Gasteiger partial charge is 0.311 e. The average molecular weight is 246 g/mol. The van der Waals surface area contributed by atoms with E-state index in [0.717, 1.165) is 19.3 Å². The van der Waals surface area contributed by atoms with Crippen LogP contribution in [0.2, 0.25) is 0 Å². The Bertz CT molecular complexity index is 429. The first kappa shape index (κ1) is 13.1. The van der Waals surface area contributed by atoms with Gasteiger partial charge in [-0.2, -0.15) is 0 Å². The molecule has 18 heavy (non-hydrogen) atoms. The number of rotatable bonds is 1. The van der Waals surface area contributed by atoms with Gasteiger partial charge >= 0.3 is 5.97 Å². The maximum Gasteiger partial charge on any atom is 0.311 e. The minimum Gasteiger partial charge on any atom is -0.457 e. The molecule has 0 saturated heterocycles. The first-order chi connectivity index (χ1) is 8.48. The van der Waals surface area contributed by atoms with Crippen molar-refractivity contribution in [3.05, 3.63) is 35.4 Å². The summed E-state index contributed by atoms with van der Waals surface area (Å²) in [5.74, 6) is -0.107. The molecule has 0 amide bonds. The highest BCUT2D eigenvalue weighted by atomic mass is 16.5. The zero-order chi connectivity index (χ0) is 13.2. The van der Waals surface area contributed by atoms with Gasteiger partial charge in [0.2, 0.25) is 0 Å². The van der Waals surface area contributed by atoms with Crippen molar-refractivity contribution >= 4 is 5.97 Å². The summed E-state index contributed by atoms with van der Waals surface area (Å²) < 4.78 is 5.72. The van der Waals surface area contributed by atoms with E-state index in [1.807, 2.05) is 26.8 Å². The number of esters is 1. The molecule has 0 radical (unpaired) electrons. The van der Waals surface area contributed by atoms with Crippen LogP contribution in [0, 0.1) is 5.41 Å². The van der Waals surface area contributed by atoms with Gasteiger partial charge in [-0.25, -0.2) is 0 Å². The zero-order valence-corrected chi connectivity index (χ0v) is 11.5. The fourth-order valence-electron chi connectivity index (χ4n) is 2.31. The number of benzene rings is 1. The molecule has 0 N–H and O–H groups in total. The molecule has 1 aliphatic rings. The largest absolute Gasteiger partial charge is 0.457 e. The van der Waals surface area contributed by atoms with Gasteiger partial charge < -0.3 is 4.74 Å². The first-order valence-corrected chi connectivity index (χ1v) is 6.77. The minimum absolute atomic E-state index is 0.0598. The van der Waals surface area contributed by atoms with E-state index in [1.165, 1.54) is 17.5 Å². The van der Waals surface area contributed by atoms with Gasteiger partial charge in [0, 0.05) is 0 Å². The van der Waals surface area contributed by atoms with Gasteiger partial charge in [-0.3, -0.25) is 4.79 Å². The summed E-state index contributed by atoms with van der Waals surface area (Å²) >= 11 is 0. The van der Waals surface area contributed by atoms with Gasteiger partial charge in [0.25, 0.3) is 0 Å². The fraction of sp³-hybridized carbons (Fsp3) is 0.562. The molecule has 1 unspecified atom stereocenters. The quantitative estimate of drug-likeness (QED) is 0.552. The minimum atomic E-state index is -0.429. The van der Waals surface area contributed by atoms with Crippen molar-refractivity contribution in [1.29, 1.82) is 0 Å². The third kappa shape index (κ3) is 2.92. The van der Waals surface area contributed by atoms with Gasteiger partial charge in [-0.05, 0) is 57.6 Å². The van der Waals surface area contributed by atoms with Gasteiger partial charge in [-0.15, -0.1) is 0 Å². The van der Waals surface area contributed by atoms with Gasteiger partial charge in [-0.1, -0.05) is 24.3 Å². The predicted octanol–water partition coefficient (Wildman–Crippen LogP) is 4.04. The van der Waals surface area contributed by atoms with Gasteiger partial charge in [0.05, 0.1) is 5.41 Å². The summed E-state index contributed by atoms with van der Waals surface area (Å²) in [5, 5.41) is 0. The molecule has 0 heterocycles. The van der Waals surface area contributed by atoms with Crippen molar-refractivity contribution in [3.8, 4) is 0 Å². The Labute approximate surface area is 109 Å². The molecule has 1 aliphatic carbocycles. The van der Waals surface area contributed by atoms with E-state index in [9.17, 15) is 4.79 Å². The second-order valence-corrected chi connectivity index (χ2v) is 6.09. The fourth-order valence-corrected chi connectivity index (χ4v) is 2.31. The Kier molecular flexibility index (Phi) is 3.74. The molecule has 1 aromatic rings. The van der Waals surface area contributed by atoms with Crippen molar-refractivity contribution in [1.82, 2.24) is 0 Å². The third-order valence-corrected chi connectivity index (χ3v) is 3.43. The number of carbonyl (C=O) groups excluding carboxylic acids is 1. The molecule has 1 atom stereocenters. The van der Waals surface area contributed by atoms with Crippen LogP contribution < -0.4 is 0 Å². The molecule has 0 bridgehead atoms. The normalized spacial score (nSPS) is 19.8. The highest BCUT2D eigenvalue weighted by Gasteiger charge is 2.28. The van der Waals surface area contributed by atoms with Crippen LogP contribution in [0.4, 0.5) is 0 Å². The summed E-state index contributed by atoms with van der Waals surface area (Å²) in [5.41, 5.74) is 2.11. The standard InChI is InChI=1S/C16H22O2/c1-16(2,3)15(17)18-14-11-7-5-9-12-8-4-6-10-13(12)14/h4,6,8,10,14H,5,7,9,11H2,1-3H3. The maximum absolute atomic E-state index is 12.0. The van der Waals surface area contributed by atoms with Crippen LogP contribution in [-0.2, 0) is 16.0 Å². The van der Waals surface area contributed by atoms with E-state index in [1.54, 1.807) is 0 Å². The number of aryl methyl sites for hydroxylation is 1. The SMILES string of the molecule is CC(C)(C)C(=O)OC1CCCCc2ccccc21. The Hall–Kier alpha value is -1.31. The molecule has 2 heteroatoms. The lowest BCUT2D eigenvalue weighted by Gasteiger charge is -2.23. The molecule has 2 nitrogen and oxygen atoms in total. The monoisotopic (exact) mass is 246 g/mol. The molecule has 0 aromatic heterocycles. The number of ether oxygens (including phenoxy) is 1. The van der Waals surface area contributed by atoms with Crippen molar-refractivity contribution in [3.63, 3.8) is 0 Å². The van der Waals surface area contributed by atoms with Crippen molar-refractivity contribution in [2.75, 3.05) is 0 Å². The molecule has 0 saturated carbocycles. The summed E-state index contributed by atoms with van der Waals surface area (Å²) in [6, 6.07) is 8.34. The summed E-state index contributed by atoms with van der Waals surface area (Å²) in [4.78, 5) is 12.0. The van der Waals surface area contributed by atoms with Crippen LogP contribution in [-0.4, -0.2) is 5.97 Å². The van der Waals surface area contributed by atoms with E-state index in [-0.39, 0.29) is 12.1 Å². The Balaban J connectivity index is 2.21. The number of hydrogen-bond donors (Lipinski definition) is 0. The van der Waals surface area contributed by atoms with Crippen LogP contribution in [0.15, 0.2) is 24.3 Å². The van der Waals surface area contributed by atoms with Crippen LogP contribution in [0.5, 0.6) is 0 Å². The molecule has 1 aromatic carbocycles. The second-order valence-electron chi connectivity index (χ2n) is 6.09. The van der Waals surface area contributed by atoms with Crippen molar-refractivity contribution < 1.29 is 9.53 Å². The van der Waals surface area contributed by atoms with E-state index < -0.39 is 5.41 Å². The van der Waals surface area contributed by atoms with E-state index in [4.69, 9.17) is 4.74 Å². The van der Waals surface area contributed by atoms with Crippen molar-refractivity contribution in [2.24, 2.45) is 5.41 Å². The average Bonchev–Trinajstić information content (AvgIpc) is 2.51. The van der Waals surface area contributed by atoms with E-state index in [2.05, 4.69) is 18.2 Å². The van der Waals surface area contributed by atoms with E-state index >= 15 is 0 Å².